The molecule has 106 valence electrons. The van der Waals surface area contributed by atoms with E-state index in [4.69, 9.17) is 15.8 Å². The molecule has 0 aliphatic heterocycles. The minimum atomic E-state index is -0.636. The van der Waals surface area contributed by atoms with Crippen LogP contribution in [0.15, 0.2) is 24.3 Å². The van der Waals surface area contributed by atoms with Crippen LogP contribution in [0.25, 0.3) is 0 Å². The van der Waals surface area contributed by atoms with E-state index in [1.807, 2.05) is 0 Å². The number of anilines is 1. The predicted octanol–water partition coefficient (Wildman–Crippen LogP) is 2.44. The summed E-state index contributed by atoms with van der Waals surface area (Å²) in [6.07, 6.45) is 2.05. The molecule has 3 N–H and O–H groups in total. The summed E-state index contributed by atoms with van der Waals surface area (Å²) < 4.78 is 19.1. The fourth-order valence-corrected chi connectivity index (χ4v) is 1.90. The van der Waals surface area contributed by atoms with E-state index in [-0.39, 0.29) is 17.2 Å². The largest absolute Gasteiger partial charge is 0.437 e. The maximum absolute atomic E-state index is 13.5. The molecule has 21 heavy (non-hydrogen) atoms. The number of benzene rings is 1. The van der Waals surface area contributed by atoms with Gasteiger partial charge in [-0.15, -0.1) is 0 Å². The number of nitrogens with one attached hydrogen (secondary N) is 1. The maximum Gasteiger partial charge on any atom is 0.224 e. The third kappa shape index (κ3) is 2.75. The molecule has 1 aromatic heterocycles. The number of nitriles is 1. The van der Waals surface area contributed by atoms with Gasteiger partial charge in [-0.05, 0) is 25.0 Å². The number of hydrogen-bond donors (Lipinski definition) is 2. The van der Waals surface area contributed by atoms with Gasteiger partial charge in [0, 0.05) is 12.0 Å². The highest BCUT2D eigenvalue weighted by atomic mass is 19.1. The zero-order valence-electron chi connectivity index (χ0n) is 11.0. The van der Waals surface area contributed by atoms with Gasteiger partial charge >= 0.3 is 0 Å². The number of ether oxygens (including phenoxy) is 1. The Hall–Kier alpha value is -2.72. The summed E-state index contributed by atoms with van der Waals surface area (Å²) in [5.74, 6) is 6.43. The SMILES string of the molecule is N#Cc1c(F)cccc1Oc1cc(NN)nc(C2CC2)n1. The Morgan fingerprint density at radius 3 is 2.86 bits per heavy atom. The molecule has 1 saturated carbocycles. The van der Waals surface area contributed by atoms with Crippen LogP contribution in [0.1, 0.15) is 30.1 Å². The van der Waals surface area contributed by atoms with Crippen molar-refractivity contribution >= 4 is 5.82 Å². The Bertz CT molecular complexity index is 724. The minimum absolute atomic E-state index is 0.112. The van der Waals surface area contributed by atoms with Gasteiger partial charge in [0.2, 0.25) is 5.88 Å². The van der Waals surface area contributed by atoms with E-state index < -0.39 is 5.82 Å². The van der Waals surface area contributed by atoms with Gasteiger partial charge in [0.1, 0.15) is 34.8 Å². The van der Waals surface area contributed by atoms with Crippen LogP contribution >= 0.6 is 0 Å². The number of halogens is 1. The van der Waals surface area contributed by atoms with E-state index >= 15 is 0 Å². The van der Waals surface area contributed by atoms with Crippen molar-refractivity contribution in [3.05, 3.63) is 41.5 Å². The van der Waals surface area contributed by atoms with Gasteiger partial charge < -0.3 is 10.2 Å². The third-order valence-electron chi connectivity index (χ3n) is 3.11. The van der Waals surface area contributed by atoms with Gasteiger partial charge in [-0.3, -0.25) is 0 Å². The summed E-state index contributed by atoms with van der Waals surface area (Å²) in [4.78, 5) is 8.53. The molecular weight excluding hydrogens is 273 g/mol. The normalized spacial score (nSPS) is 13.6. The van der Waals surface area contributed by atoms with E-state index in [0.29, 0.717) is 17.6 Å². The Kier molecular flexibility index (Phi) is 3.38. The van der Waals surface area contributed by atoms with Gasteiger partial charge in [-0.2, -0.15) is 10.2 Å². The van der Waals surface area contributed by atoms with Crippen molar-refractivity contribution in [1.29, 1.82) is 5.26 Å². The van der Waals surface area contributed by atoms with Crippen molar-refractivity contribution in [2.45, 2.75) is 18.8 Å². The maximum atomic E-state index is 13.5. The first-order valence-electron chi connectivity index (χ1n) is 6.43. The molecule has 0 atom stereocenters. The molecule has 1 aliphatic carbocycles. The molecule has 7 heteroatoms. The molecule has 1 fully saturated rings. The molecule has 0 saturated heterocycles. The number of nitrogen functional groups attached to an aromatic ring is 1. The molecule has 0 amide bonds. The van der Waals surface area contributed by atoms with Crippen LogP contribution < -0.4 is 16.0 Å². The van der Waals surface area contributed by atoms with E-state index in [1.54, 1.807) is 6.07 Å². The van der Waals surface area contributed by atoms with Gasteiger partial charge in [-0.25, -0.2) is 15.2 Å². The van der Waals surface area contributed by atoms with Crippen LogP contribution in [0.3, 0.4) is 0 Å². The number of hydrogen-bond acceptors (Lipinski definition) is 6. The lowest BCUT2D eigenvalue weighted by atomic mass is 10.2. The summed E-state index contributed by atoms with van der Waals surface area (Å²) in [6.45, 7) is 0. The summed E-state index contributed by atoms with van der Waals surface area (Å²) >= 11 is 0. The monoisotopic (exact) mass is 285 g/mol. The van der Waals surface area contributed by atoms with Crippen molar-refractivity contribution in [2.24, 2.45) is 5.84 Å². The van der Waals surface area contributed by atoms with Gasteiger partial charge in [0.05, 0.1) is 0 Å². The highest BCUT2D eigenvalue weighted by Gasteiger charge is 2.27. The standard InChI is InChI=1S/C14H12FN5O/c15-10-2-1-3-11(9(10)7-16)21-13-6-12(20-17)18-14(19-13)8-4-5-8/h1-3,6,8H,4-5,17H2,(H,18,19,20). The van der Waals surface area contributed by atoms with Crippen LogP contribution in [-0.4, -0.2) is 9.97 Å². The lowest BCUT2D eigenvalue weighted by Gasteiger charge is -2.09. The number of rotatable bonds is 4. The first-order valence-corrected chi connectivity index (χ1v) is 6.43. The average molecular weight is 285 g/mol. The van der Waals surface area contributed by atoms with Crippen molar-refractivity contribution < 1.29 is 9.13 Å². The summed E-state index contributed by atoms with van der Waals surface area (Å²) in [5, 5.41) is 9.00. The fourth-order valence-electron chi connectivity index (χ4n) is 1.90. The van der Waals surface area contributed by atoms with E-state index in [2.05, 4.69) is 15.4 Å². The summed E-state index contributed by atoms with van der Waals surface area (Å²) in [5.41, 5.74) is 2.29. The number of nitrogens with zero attached hydrogens (tertiary/aromatic N) is 3. The smallest absolute Gasteiger partial charge is 0.224 e. The lowest BCUT2D eigenvalue weighted by Crippen LogP contribution is -2.10. The Labute approximate surface area is 120 Å². The Morgan fingerprint density at radius 1 is 1.38 bits per heavy atom. The first kappa shape index (κ1) is 13.3. The number of nitrogens with two attached hydrogens (primary N) is 1. The fraction of sp³-hybridized carbons (Fsp3) is 0.214. The zero-order chi connectivity index (χ0) is 14.8. The topological polar surface area (TPSA) is 96.8 Å². The zero-order valence-corrected chi connectivity index (χ0v) is 11.0. The van der Waals surface area contributed by atoms with Gasteiger partial charge in [0.15, 0.2) is 0 Å². The lowest BCUT2D eigenvalue weighted by molar-refractivity contribution is 0.452. The van der Waals surface area contributed by atoms with Crippen LogP contribution in [0, 0.1) is 17.1 Å². The van der Waals surface area contributed by atoms with Gasteiger partial charge in [0.25, 0.3) is 0 Å². The highest BCUT2D eigenvalue weighted by molar-refractivity contribution is 5.47. The van der Waals surface area contributed by atoms with Gasteiger partial charge in [-0.1, -0.05) is 6.07 Å². The van der Waals surface area contributed by atoms with Crippen molar-refractivity contribution in [3.63, 3.8) is 0 Å². The molecule has 0 unspecified atom stereocenters. The summed E-state index contributed by atoms with van der Waals surface area (Å²) in [6, 6.07) is 7.46. The van der Waals surface area contributed by atoms with Crippen LogP contribution in [-0.2, 0) is 0 Å². The quantitative estimate of drug-likeness (QED) is 0.661. The minimum Gasteiger partial charge on any atom is -0.437 e. The van der Waals surface area contributed by atoms with Crippen molar-refractivity contribution in [1.82, 2.24) is 9.97 Å². The molecule has 0 spiro atoms. The average Bonchev–Trinajstić information content (AvgIpc) is 3.32. The van der Waals surface area contributed by atoms with E-state index in [9.17, 15) is 4.39 Å². The second-order valence-electron chi connectivity index (χ2n) is 4.70. The number of hydrazine groups is 1. The van der Waals surface area contributed by atoms with Crippen molar-refractivity contribution in [2.75, 3.05) is 5.43 Å². The van der Waals surface area contributed by atoms with Crippen LogP contribution in [0.4, 0.5) is 10.2 Å². The molecular formula is C14H12FN5O. The molecule has 0 bridgehead atoms. The van der Waals surface area contributed by atoms with Crippen LogP contribution in [0.2, 0.25) is 0 Å². The first-order chi connectivity index (χ1) is 10.2. The molecule has 2 aromatic rings. The molecule has 0 radical (unpaired) electrons. The molecule has 6 nitrogen and oxygen atoms in total. The summed E-state index contributed by atoms with van der Waals surface area (Å²) in [7, 11) is 0. The molecule has 1 aromatic carbocycles. The molecule has 1 aliphatic rings. The highest BCUT2D eigenvalue weighted by Crippen LogP contribution is 2.39. The predicted molar refractivity (Wildman–Crippen MR) is 73.0 cm³/mol. The molecule has 3 rings (SSSR count). The van der Waals surface area contributed by atoms with E-state index in [1.165, 1.54) is 24.3 Å². The van der Waals surface area contributed by atoms with Crippen molar-refractivity contribution in [3.8, 4) is 17.7 Å². The molecule has 1 heterocycles. The Morgan fingerprint density at radius 2 is 2.19 bits per heavy atom. The third-order valence-corrected chi connectivity index (χ3v) is 3.11. The van der Waals surface area contributed by atoms with E-state index in [0.717, 1.165) is 12.8 Å². The second-order valence-corrected chi connectivity index (χ2v) is 4.70. The second kappa shape index (κ2) is 5.34. The Balaban J connectivity index is 1.96. The van der Waals surface area contributed by atoms with Crippen LogP contribution in [0.5, 0.6) is 11.6 Å². The number of aromatic nitrogens is 2.